The lowest BCUT2D eigenvalue weighted by Crippen LogP contribution is -2.51. The fourth-order valence-corrected chi connectivity index (χ4v) is 4.15. The van der Waals surface area contributed by atoms with E-state index in [0.29, 0.717) is 41.8 Å². The molecule has 0 spiro atoms. The number of amidine groups is 1. The normalized spacial score (nSPS) is 18.4. The van der Waals surface area contributed by atoms with Crippen molar-refractivity contribution in [2.45, 2.75) is 39.7 Å². The number of carbonyl (C=O) groups excluding carboxylic acids is 1. The van der Waals surface area contributed by atoms with E-state index in [4.69, 9.17) is 5.26 Å². The van der Waals surface area contributed by atoms with Crippen molar-refractivity contribution in [1.29, 1.82) is 5.26 Å². The number of rotatable bonds is 6. The molecule has 1 fully saturated rings. The zero-order chi connectivity index (χ0) is 24.0. The molecule has 1 aromatic carbocycles. The van der Waals surface area contributed by atoms with Crippen LogP contribution < -0.4 is 10.3 Å². The largest absolute Gasteiger partial charge is 0.368 e. The van der Waals surface area contributed by atoms with Crippen molar-refractivity contribution in [2.24, 2.45) is 16.0 Å². The molecular formula is C25H31N7O. The van der Waals surface area contributed by atoms with Crippen LogP contribution in [0.2, 0.25) is 0 Å². The first-order valence-electron chi connectivity index (χ1n) is 11.1. The third kappa shape index (κ3) is 5.75. The first kappa shape index (κ1) is 23.9. The molecule has 8 heteroatoms. The van der Waals surface area contributed by atoms with Crippen LogP contribution in [-0.4, -0.2) is 54.5 Å². The van der Waals surface area contributed by atoms with Gasteiger partial charge in [0, 0.05) is 26.3 Å². The Hall–Kier alpha value is -3.73. The van der Waals surface area contributed by atoms with Crippen LogP contribution in [0, 0.1) is 24.2 Å². The lowest BCUT2D eigenvalue weighted by molar-refractivity contribution is 0.0540. The van der Waals surface area contributed by atoms with Crippen LogP contribution in [0.25, 0.3) is 0 Å². The van der Waals surface area contributed by atoms with Crippen LogP contribution in [0.3, 0.4) is 0 Å². The number of hydrogen-bond acceptors (Lipinski definition) is 6. The summed E-state index contributed by atoms with van der Waals surface area (Å²) in [6.07, 6.45) is 3.57. The van der Waals surface area contributed by atoms with E-state index < -0.39 is 0 Å². The third-order valence-corrected chi connectivity index (χ3v) is 6.02. The van der Waals surface area contributed by atoms with Crippen LogP contribution in [0.4, 0.5) is 11.5 Å². The minimum atomic E-state index is -0.00824. The predicted octanol–water partition coefficient (Wildman–Crippen LogP) is 4.08. The first-order valence-corrected chi connectivity index (χ1v) is 11.1. The Morgan fingerprint density at radius 1 is 1.39 bits per heavy atom. The molecule has 1 aromatic heterocycles. The maximum absolute atomic E-state index is 13.8. The molecule has 172 valence electrons. The molecule has 2 heterocycles. The van der Waals surface area contributed by atoms with Gasteiger partial charge in [-0.25, -0.2) is 9.98 Å². The number of nitrogens with one attached hydrogen (secondary N) is 1. The van der Waals surface area contributed by atoms with Gasteiger partial charge in [-0.3, -0.25) is 9.80 Å². The Morgan fingerprint density at radius 3 is 2.85 bits per heavy atom. The number of piperidine rings is 1. The number of benzene rings is 1. The van der Waals surface area contributed by atoms with Crippen molar-refractivity contribution in [2.75, 3.05) is 30.5 Å². The summed E-state index contributed by atoms with van der Waals surface area (Å²) in [6, 6.07) is 11.4. The van der Waals surface area contributed by atoms with Gasteiger partial charge >= 0.3 is 0 Å². The Morgan fingerprint density at radius 2 is 2.18 bits per heavy atom. The second-order valence-corrected chi connectivity index (χ2v) is 8.46. The number of nitrogens with zero attached hydrogens (tertiary/aromatic N) is 6. The molecule has 0 radical (unpaired) electrons. The first-order chi connectivity index (χ1) is 15.8. The Kier molecular flexibility index (Phi) is 7.78. The number of likely N-dealkylation sites (tertiary alicyclic amines) is 1. The van der Waals surface area contributed by atoms with Crippen LogP contribution in [0.1, 0.15) is 48.2 Å². The SMILES string of the molecule is C=N/C(C)=N\N(C)c1ccc(C)cc1C(=O)N1CCC[C@@H](C)C1CNc1ccc(C#N)cn1. The predicted molar refractivity (Wildman–Crippen MR) is 133 cm³/mol. The molecule has 1 N–H and O–H groups in total. The van der Waals surface area contributed by atoms with Gasteiger partial charge in [0.25, 0.3) is 5.91 Å². The Bertz CT molecular complexity index is 1070. The van der Waals surface area contributed by atoms with E-state index in [-0.39, 0.29) is 11.9 Å². The summed E-state index contributed by atoms with van der Waals surface area (Å²) >= 11 is 0. The molecule has 1 saturated heterocycles. The standard InChI is InChI=1S/C25H31N7O/c1-17-8-10-22(31(5)30-19(3)27-4)21(13-17)25(33)32-12-6-7-18(2)23(32)16-29-24-11-9-20(14-26)15-28-24/h8-11,13,15,18,23H,4,6-7,12,16H2,1-3,5H3,(H,28,29)/b30-19-/t18-,23?/m1/s1. The lowest BCUT2D eigenvalue weighted by atomic mass is 9.89. The number of aryl methyl sites for hydroxylation is 1. The molecule has 1 aliphatic heterocycles. The minimum absolute atomic E-state index is 0.00824. The number of aromatic nitrogens is 1. The molecule has 2 atom stereocenters. The Balaban J connectivity index is 1.86. The lowest BCUT2D eigenvalue weighted by Gasteiger charge is -2.40. The van der Waals surface area contributed by atoms with E-state index >= 15 is 0 Å². The number of hydrogen-bond donors (Lipinski definition) is 1. The van der Waals surface area contributed by atoms with Gasteiger partial charge in [-0.2, -0.15) is 10.4 Å². The average molecular weight is 446 g/mol. The van der Waals surface area contributed by atoms with Crippen molar-refractivity contribution in [1.82, 2.24) is 9.88 Å². The second kappa shape index (κ2) is 10.7. The number of pyridine rings is 1. The number of carbonyl (C=O) groups is 1. The third-order valence-electron chi connectivity index (χ3n) is 6.02. The van der Waals surface area contributed by atoms with Gasteiger partial charge in [0.2, 0.25) is 0 Å². The van der Waals surface area contributed by atoms with Crippen LogP contribution in [0.15, 0.2) is 46.6 Å². The highest BCUT2D eigenvalue weighted by molar-refractivity contribution is 6.00. The van der Waals surface area contributed by atoms with Crippen LogP contribution in [0.5, 0.6) is 0 Å². The van der Waals surface area contributed by atoms with Crippen LogP contribution >= 0.6 is 0 Å². The molecule has 3 rings (SSSR count). The monoisotopic (exact) mass is 445 g/mol. The van der Waals surface area contributed by atoms with E-state index in [9.17, 15) is 4.79 Å². The summed E-state index contributed by atoms with van der Waals surface area (Å²) in [6.45, 7) is 10.7. The van der Waals surface area contributed by atoms with Crippen LogP contribution in [-0.2, 0) is 0 Å². The topological polar surface area (TPSA) is 97.0 Å². The molecule has 1 unspecified atom stereocenters. The van der Waals surface area contributed by atoms with Gasteiger partial charge < -0.3 is 10.2 Å². The summed E-state index contributed by atoms with van der Waals surface area (Å²) in [7, 11) is 1.81. The van der Waals surface area contributed by atoms with E-state index in [1.54, 1.807) is 30.3 Å². The van der Waals surface area contributed by atoms with Gasteiger partial charge in [-0.15, -0.1) is 0 Å². The molecule has 0 bridgehead atoms. The van der Waals surface area contributed by atoms with Crippen molar-refractivity contribution >= 4 is 30.0 Å². The highest BCUT2D eigenvalue weighted by atomic mass is 16.2. The maximum atomic E-state index is 13.8. The van der Waals surface area contributed by atoms with Crippen molar-refractivity contribution < 1.29 is 4.79 Å². The maximum Gasteiger partial charge on any atom is 0.256 e. The van der Waals surface area contributed by atoms with E-state index in [1.807, 2.05) is 37.1 Å². The molecular weight excluding hydrogens is 414 g/mol. The number of amides is 1. The fourth-order valence-electron chi connectivity index (χ4n) is 4.15. The molecule has 0 saturated carbocycles. The summed E-state index contributed by atoms with van der Waals surface area (Å²) in [5, 5.41) is 18.4. The zero-order valence-corrected chi connectivity index (χ0v) is 19.7. The van der Waals surface area contributed by atoms with Crippen molar-refractivity contribution in [3.8, 4) is 6.07 Å². The average Bonchev–Trinajstić information content (AvgIpc) is 2.82. The van der Waals surface area contributed by atoms with Gasteiger partial charge in [-0.05, 0) is 63.6 Å². The summed E-state index contributed by atoms with van der Waals surface area (Å²) in [5.74, 6) is 1.55. The smallest absolute Gasteiger partial charge is 0.256 e. The number of hydrazone groups is 1. The second-order valence-electron chi connectivity index (χ2n) is 8.46. The van der Waals surface area contributed by atoms with Gasteiger partial charge in [0.1, 0.15) is 17.7 Å². The minimum Gasteiger partial charge on any atom is -0.368 e. The molecule has 8 nitrogen and oxygen atoms in total. The van der Waals surface area contributed by atoms with E-state index in [1.165, 1.54) is 0 Å². The molecule has 0 aliphatic carbocycles. The van der Waals surface area contributed by atoms with Crippen molar-refractivity contribution in [3.63, 3.8) is 0 Å². The van der Waals surface area contributed by atoms with E-state index in [2.05, 4.69) is 40.1 Å². The quantitative estimate of drug-likeness (QED) is 0.410. The zero-order valence-electron chi connectivity index (χ0n) is 19.7. The molecule has 1 amide bonds. The summed E-state index contributed by atoms with van der Waals surface area (Å²) in [4.78, 5) is 23.9. The highest BCUT2D eigenvalue weighted by Crippen LogP contribution is 2.29. The molecule has 2 aromatic rings. The number of anilines is 2. The van der Waals surface area contributed by atoms with Crippen molar-refractivity contribution in [3.05, 3.63) is 53.2 Å². The van der Waals surface area contributed by atoms with Gasteiger partial charge in [0.05, 0.1) is 22.9 Å². The fraction of sp³-hybridized carbons (Fsp3) is 0.400. The number of nitriles is 1. The number of aliphatic imine (C=N–C) groups is 1. The van der Waals surface area contributed by atoms with Gasteiger partial charge in [-0.1, -0.05) is 18.6 Å². The Labute approximate surface area is 195 Å². The summed E-state index contributed by atoms with van der Waals surface area (Å²) < 4.78 is 0. The molecule has 33 heavy (non-hydrogen) atoms. The summed E-state index contributed by atoms with van der Waals surface area (Å²) in [5.41, 5.74) is 2.88. The van der Waals surface area contributed by atoms with E-state index in [0.717, 1.165) is 24.1 Å². The highest BCUT2D eigenvalue weighted by Gasteiger charge is 2.33. The molecule has 1 aliphatic rings. The van der Waals surface area contributed by atoms with Gasteiger partial charge in [0.15, 0.2) is 0 Å².